The average Bonchev–Trinajstić information content (AvgIpc) is 2.74. The topological polar surface area (TPSA) is 9.23 Å². The van der Waals surface area contributed by atoms with Gasteiger partial charge in [-0.15, -0.1) is 0 Å². The van der Waals surface area contributed by atoms with Crippen molar-refractivity contribution in [2.45, 2.75) is 32.1 Å². The Kier molecular flexibility index (Phi) is 1.68. The summed E-state index contributed by atoms with van der Waals surface area (Å²) in [5.74, 6) is 4.08. The first-order valence-electron chi connectivity index (χ1n) is 5.62. The summed E-state index contributed by atoms with van der Waals surface area (Å²) >= 11 is 0. The summed E-state index contributed by atoms with van der Waals surface area (Å²) in [5.41, 5.74) is 1.62. The second-order valence-corrected chi connectivity index (χ2v) is 4.99. The molecule has 13 heavy (non-hydrogen) atoms. The Morgan fingerprint density at radius 3 is 2.92 bits per heavy atom. The Morgan fingerprint density at radius 2 is 2.08 bits per heavy atom. The predicted octanol–water partition coefficient (Wildman–Crippen LogP) is 2.97. The number of rotatable bonds is 1. The highest BCUT2D eigenvalue weighted by molar-refractivity contribution is 5.19. The molecule has 0 saturated heterocycles. The van der Waals surface area contributed by atoms with E-state index in [1.807, 2.05) is 6.26 Å². The SMILES string of the molecule is CO/C=C1/CC[C@@H]2[C@@H]3CC[C@@H](C3)[C@H]12. The fourth-order valence-electron chi connectivity index (χ4n) is 4.19. The highest BCUT2D eigenvalue weighted by atomic mass is 16.5. The average molecular weight is 178 g/mol. The minimum Gasteiger partial charge on any atom is -0.504 e. The molecule has 3 saturated carbocycles. The molecule has 4 atom stereocenters. The molecule has 2 bridgehead atoms. The molecule has 0 amide bonds. The number of hydrogen-bond donors (Lipinski definition) is 0. The quantitative estimate of drug-likeness (QED) is 0.561. The van der Waals surface area contributed by atoms with Gasteiger partial charge in [-0.3, -0.25) is 0 Å². The van der Waals surface area contributed by atoms with E-state index in [1.54, 1.807) is 12.7 Å². The summed E-state index contributed by atoms with van der Waals surface area (Å²) in [6.45, 7) is 0. The molecule has 0 aliphatic heterocycles. The first kappa shape index (κ1) is 7.90. The van der Waals surface area contributed by atoms with E-state index in [-0.39, 0.29) is 0 Å². The van der Waals surface area contributed by atoms with E-state index in [4.69, 9.17) is 4.74 Å². The summed E-state index contributed by atoms with van der Waals surface area (Å²) < 4.78 is 5.18. The van der Waals surface area contributed by atoms with Gasteiger partial charge in [0.25, 0.3) is 0 Å². The third kappa shape index (κ3) is 0.992. The van der Waals surface area contributed by atoms with Gasteiger partial charge in [0.15, 0.2) is 0 Å². The standard InChI is InChI=1S/C12H18O/c1-13-7-10-4-5-11-8-2-3-9(6-8)12(10)11/h7-9,11-12H,2-6H2,1H3/b10-7-/t8-,9+,11-,12-/m1/s1. The predicted molar refractivity (Wildman–Crippen MR) is 52.1 cm³/mol. The minimum atomic E-state index is 0.929. The summed E-state index contributed by atoms with van der Waals surface area (Å²) in [6.07, 6.45) is 9.33. The van der Waals surface area contributed by atoms with Gasteiger partial charge in [0.2, 0.25) is 0 Å². The number of hydrogen-bond acceptors (Lipinski definition) is 1. The highest BCUT2D eigenvalue weighted by Gasteiger charge is 2.51. The van der Waals surface area contributed by atoms with E-state index in [1.165, 1.54) is 32.1 Å². The lowest BCUT2D eigenvalue weighted by atomic mass is 9.80. The molecule has 3 aliphatic rings. The van der Waals surface area contributed by atoms with Crippen LogP contribution in [0.5, 0.6) is 0 Å². The van der Waals surface area contributed by atoms with Crippen molar-refractivity contribution in [2.75, 3.05) is 7.11 Å². The Bertz CT molecular complexity index is 244. The highest BCUT2D eigenvalue weighted by Crippen LogP contribution is 2.60. The molecule has 1 heteroatoms. The van der Waals surface area contributed by atoms with Gasteiger partial charge in [-0.25, -0.2) is 0 Å². The first-order valence-corrected chi connectivity index (χ1v) is 5.62. The summed E-state index contributed by atoms with van der Waals surface area (Å²) in [5, 5.41) is 0. The van der Waals surface area contributed by atoms with Crippen LogP contribution in [0.4, 0.5) is 0 Å². The maximum atomic E-state index is 5.18. The molecule has 1 nitrogen and oxygen atoms in total. The van der Waals surface area contributed by atoms with Gasteiger partial charge in [0.1, 0.15) is 0 Å². The van der Waals surface area contributed by atoms with Crippen LogP contribution in [0.25, 0.3) is 0 Å². The van der Waals surface area contributed by atoms with E-state index in [9.17, 15) is 0 Å². The van der Waals surface area contributed by atoms with Gasteiger partial charge in [-0.1, -0.05) is 0 Å². The molecule has 0 aromatic carbocycles. The Balaban J connectivity index is 1.87. The van der Waals surface area contributed by atoms with E-state index in [0.717, 1.165) is 23.7 Å². The molecular formula is C12H18O. The third-order valence-corrected chi connectivity index (χ3v) is 4.55. The lowest BCUT2D eigenvalue weighted by Gasteiger charge is -2.24. The molecule has 3 fully saturated rings. The molecule has 0 spiro atoms. The number of fused-ring (bicyclic) bond motifs is 5. The van der Waals surface area contributed by atoms with Crippen molar-refractivity contribution in [3.05, 3.63) is 11.8 Å². The lowest BCUT2D eigenvalue weighted by Crippen LogP contribution is -2.17. The van der Waals surface area contributed by atoms with Crippen molar-refractivity contribution in [3.63, 3.8) is 0 Å². The Hall–Kier alpha value is -0.460. The van der Waals surface area contributed by atoms with Crippen molar-refractivity contribution in [1.29, 1.82) is 0 Å². The number of allylic oxidation sites excluding steroid dienone is 1. The molecule has 0 radical (unpaired) electrons. The summed E-state index contributed by atoms with van der Waals surface area (Å²) in [4.78, 5) is 0. The van der Waals surface area contributed by atoms with Crippen molar-refractivity contribution in [3.8, 4) is 0 Å². The van der Waals surface area contributed by atoms with E-state index >= 15 is 0 Å². The molecule has 72 valence electrons. The van der Waals surface area contributed by atoms with Gasteiger partial charge in [0, 0.05) is 0 Å². The zero-order chi connectivity index (χ0) is 8.84. The van der Waals surface area contributed by atoms with Gasteiger partial charge < -0.3 is 4.74 Å². The maximum Gasteiger partial charge on any atom is 0.0819 e. The fourth-order valence-corrected chi connectivity index (χ4v) is 4.19. The normalized spacial score (nSPS) is 50.1. The lowest BCUT2D eigenvalue weighted by molar-refractivity contribution is 0.273. The van der Waals surface area contributed by atoms with E-state index in [2.05, 4.69) is 0 Å². The molecule has 0 unspecified atom stereocenters. The van der Waals surface area contributed by atoms with Gasteiger partial charge in [-0.05, 0) is 61.3 Å². The molecular weight excluding hydrogens is 160 g/mol. The second kappa shape index (κ2) is 2.76. The van der Waals surface area contributed by atoms with Crippen LogP contribution in [0.2, 0.25) is 0 Å². The minimum absolute atomic E-state index is 0.929. The molecule has 0 heterocycles. The van der Waals surface area contributed by atoms with Crippen LogP contribution < -0.4 is 0 Å². The van der Waals surface area contributed by atoms with Crippen LogP contribution in [-0.2, 0) is 4.74 Å². The van der Waals surface area contributed by atoms with Crippen LogP contribution in [-0.4, -0.2) is 7.11 Å². The van der Waals surface area contributed by atoms with E-state index in [0.29, 0.717) is 0 Å². The molecule has 3 rings (SSSR count). The smallest absolute Gasteiger partial charge is 0.0819 e. The molecule has 0 aromatic rings. The van der Waals surface area contributed by atoms with Crippen LogP contribution in [0.15, 0.2) is 11.8 Å². The van der Waals surface area contributed by atoms with Gasteiger partial charge in [0.05, 0.1) is 13.4 Å². The van der Waals surface area contributed by atoms with Crippen molar-refractivity contribution < 1.29 is 4.74 Å². The van der Waals surface area contributed by atoms with Crippen LogP contribution in [0.3, 0.4) is 0 Å². The van der Waals surface area contributed by atoms with Crippen molar-refractivity contribution in [1.82, 2.24) is 0 Å². The van der Waals surface area contributed by atoms with Crippen molar-refractivity contribution in [2.24, 2.45) is 23.7 Å². The largest absolute Gasteiger partial charge is 0.504 e. The molecule has 3 aliphatic carbocycles. The Labute approximate surface area is 80.2 Å². The van der Waals surface area contributed by atoms with Gasteiger partial charge >= 0.3 is 0 Å². The van der Waals surface area contributed by atoms with Crippen LogP contribution in [0, 0.1) is 23.7 Å². The first-order chi connectivity index (χ1) is 6.40. The van der Waals surface area contributed by atoms with Crippen LogP contribution >= 0.6 is 0 Å². The van der Waals surface area contributed by atoms with Crippen LogP contribution in [0.1, 0.15) is 32.1 Å². The Morgan fingerprint density at radius 1 is 1.23 bits per heavy atom. The molecule has 0 N–H and O–H groups in total. The van der Waals surface area contributed by atoms with E-state index < -0.39 is 0 Å². The second-order valence-electron chi connectivity index (χ2n) is 4.99. The zero-order valence-corrected chi connectivity index (χ0v) is 8.33. The number of ether oxygens (including phenoxy) is 1. The van der Waals surface area contributed by atoms with Crippen molar-refractivity contribution >= 4 is 0 Å². The fraction of sp³-hybridized carbons (Fsp3) is 0.833. The monoisotopic (exact) mass is 178 g/mol. The zero-order valence-electron chi connectivity index (χ0n) is 8.33. The third-order valence-electron chi connectivity index (χ3n) is 4.55. The maximum absolute atomic E-state index is 5.18. The number of methoxy groups -OCH3 is 1. The summed E-state index contributed by atoms with van der Waals surface area (Å²) in [6, 6.07) is 0. The molecule has 0 aromatic heterocycles. The summed E-state index contributed by atoms with van der Waals surface area (Å²) in [7, 11) is 1.79. The van der Waals surface area contributed by atoms with Gasteiger partial charge in [-0.2, -0.15) is 0 Å².